The van der Waals surface area contributed by atoms with Gasteiger partial charge in [0.25, 0.3) is 0 Å². The highest BCUT2D eigenvalue weighted by Crippen LogP contribution is 2.38. The summed E-state index contributed by atoms with van der Waals surface area (Å²) in [5, 5.41) is 6.62. The fourth-order valence-electron chi connectivity index (χ4n) is 2.82. The summed E-state index contributed by atoms with van der Waals surface area (Å²) in [5.41, 5.74) is 1.05. The molecule has 1 fully saturated rings. The van der Waals surface area contributed by atoms with Gasteiger partial charge in [0.15, 0.2) is 0 Å². The Labute approximate surface area is 117 Å². The van der Waals surface area contributed by atoms with Crippen molar-refractivity contribution in [3.8, 4) is 0 Å². The van der Waals surface area contributed by atoms with Gasteiger partial charge in [0.05, 0.1) is 5.01 Å². The zero-order valence-corrected chi connectivity index (χ0v) is 12.4. The number of halogens is 2. The van der Waals surface area contributed by atoms with Crippen molar-refractivity contribution in [3.05, 3.63) is 16.1 Å². The fraction of sp³-hybridized carbons (Fsp3) is 0.786. The lowest BCUT2D eigenvalue weighted by molar-refractivity contribution is -0.0494. The molecular formula is C14H22F2N2S. The molecule has 1 unspecified atom stereocenters. The lowest BCUT2D eigenvalue weighted by atomic mass is 9.81. The molecule has 1 aromatic heterocycles. The third-order valence-electron chi connectivity index (χ3n) is 3.86. The summed E-state index contributed by atoms with van der Waals surface area (Å²) in [7, 11) is 0. The summed E-state index contributed by atoms with van der Waals surface area (Å²) in [4.78, 5) is 4.49. The Morgan fingerprint density at radius 2 is 2.16 bits per heavy atom. The lowest BCUT2D eigenvalue weighted by Crippen LogP contribution is -2.41. The molecule has 2 nitrogen and oxygen atoms in total. The largest absolute Gasteiger partial charge is 0.314 e. The monoisotopic (exact) mass is 288 g/mol. The van der Waals surface area contributed by atoms with Crippen LogP contribution in [-0.4, -0.2) is 23.5 Å². The number of hydrogen-bond donors (Lipinski definition) is 1. The van der Waals surface area contributed by atoms with Crippen LogP contribution in [0.2, 0.25) is 0 Å². The van der Waals surface area contributed by atoms with Crippen molar-refractivity contribution in [1.82, 2.24) is 10.3 Å². The van der Waals surface area contributed by atoms with Gasteiger partial charge in [0.1, 0.15) is 0 Å². The first-order valence-electron chi connectivity index (χ1n) is 7.02. The van der Waals surface area contributed by atoms with Crippen molar-refractivity contribution in [2.24, 2.45) is 5.92 Å². The fourth-order valence-corrected chi connectivity index (χ4v) is 3.65. The van der Waals surface area contributed by atoms with E-state index < -0.39 is 5.92 Å². The Hall–Kier alpha value is -0.550. The van der Waals surface area contributed by atoms with Gasteiger partial charge in [-0.3, -0.25) is 0 Å². The number of alkyl halides is 2. The van der Waals surface area contributed by atoms with Gasteiger partial charge in [-0.25, -0.2) is 13.8 Å². The van der Waals surface area contributed by atoms with Crippen LogP contribution in [0.4, 0.5) is 8.78 Å². The first-order chi connectivity index (χ1) is 9.00. The smallest absolute Gasteiger partial charge is 0.248 e. The zero-order valence-electron chi connectivity index (χ0n) is 11.6. The van der Waals surface area contributed by atoms with E-state index in [0.29, 0.717) is 18.8 Å². The van der Waals surface area contributed by atoms with Crippen molar-refractivity contribution >= 4 is 11.3 Å². The quantitative estimate of drug-likeness (QED) is 0.891. The normalized spacial score (nSPS) is 21.5. The van der Waals surface area contributed by atoms with E-state index in [0.717, 1.165) is 23.7 Å². The first kappa shape index (κ1) is 14.9. The molecule has 0 aromatic carbocycles. The van der Waals surface area contributed by atoms with Crippen LogP contribution >= 0.6 is 11.3 Å². The first-order valence-corrected chi connectivity index (χ1v) is 7.90. The Morgan fingerprint density at radius 1 is 1.47 bits per heavy atom. The molecule has 1 atom stereocenters. The number of aromatic nitrogens is 1. The maximum absolute atomic E-state index is 13.2. The van der Waals surface area contributed by atoms with Gasteiger partial charge in [-0.2, -0.15) is 0 Å². The Bertz CT molecular complexity index is 396. The molecule has 0 bridgehead atoms. The van der Waals surface area contributed by atoms with Crippen molar-refractivity contribution < 1.29 is 8.78 Å². The summed E-state index contributed by atoms with van der Waals surface area (Å²) in [6, 6.07) is 0.284. The standard InChI is InChI=1S/C14H22F2N2S/c1-3-17-12(8-13-18-10(2)9-19-13)11-4-6-14(15,16)7-5-11/h9,11-12,17H,3-8H2,1-2H3. The molecule has 108 valence electrons. The van der Waals surface area contributed by atoms with Crippen LogP contribution in [0, 0.1) is 12.8 Å². The second-order valence-corrected chi connectivity index (χ2v) is 6.39. The minimum absolute atomic E-state index is 0.0382. The molecular weight excluding hydrogens is 266 g/mol. The van der Waals surface area contributed by atoms with Crippen molar-refractivity contribution in [2.45, 2.75) is 57.9 Å². The molecule has 1 heterocycles. The number of nitrogens with zero attached hydrogens (tertiary/aromatic N) is 1. The van der Waals surface area contributed by atoms with Crippen LogP contribution in [0.5, 0.6) is 0 Å². The van der Waals surface area contributed by atoms with Crippen molar-refractivity contribution in [2.75, 3.05) is 6.54 Å². The number of rotatable bonds is 5. The minimum atomic E-state index is -2.44. The van der Waals surface area contributed by atoms with E-state index in [1.165, 1.54) is 0 Å². The van der Waals surface area contributed by atoms with E-state index in [1.807, 2.05) is 12.3 Å². The average Bonchev–Trinajstić information content (AvgIpc) is 2.74. The molecule has 0 saturated heterocycles. The van der Waals surface area contributed by atoms with Crippen LogP contribution < -0.4 is 5.32 Å². The van der Waals surface area contributed by atoms with Gasteiger partial charge in [-0.05, 0) is 32.2 Å². The molecule has 0 spiro atoms. The third kappa shape index (κ3) is 4.21. The Balaban J connectivity index is 1.96. The molecule has 0 radical (unpaired) electrons. The van der Waals surface area contributed by atoms with Crippen LogP contribution in [-0.2, 0) is 6.42 Å². The second-order valence-electron chi connectivity index (χ2n) is 5.44. The van der Waals surface area contributed by atoms with Crippen LogP contribution in [0.15, 0.2) is 5.38 Å². The Morgan fingerprint density at radius 3 is 2.68 bits per heavy atom. The van der Waals surface area contributed by atoms with Crippen molar-refractivity contribution in [1.29, 1.82) is 0 Å². The summed E-state index contributed by atoms with van der Waals surface area (Å²) in [6.07, 6.45) is 2.18. The maximum atomic E-state index is 13.2. The average molecular weight is 288 g/mol. The van der Waals surface area contributed by atoms with E-state index >= 15 is 0 Å². The zero-order chi connectivity index (χ0) is 13.9. The van der Waals surface area contributed by atoms with Gasteiger partial charge in [0.2, 0.25) is 5.92 Å². The van der Waals surface area contributed by atoms with Gasteiger partial charge in [0, 0.05) is 36.4 Å². The molecule has 1 aliphatic rings. The SMILES string of the molecule is CCNC(Cc1nc(C)cs1)C1CCC(F)(F)CC1. The lowest BCUT2D eigenvalue weighted by Gasteiger charge is -2.34. The maximum Gasteiger partial charge on any atom is 0.248 e. The van der Waals surface area contributed by atoms with Gasteiger partial charge >= 0.3 is 0 Å². The highest BCUT2D eigenvalue weighted by molar-refractivity contribution is 7.09. The van der Waals surface area contributed by atoms with E-state index in [4.69, 9.17) is 0 Å². The van der Waals surface area contributed by atoms with Crippen LogP contribution in [0.1, 0.15) is 43.3 Å². The topological polar surface area (TPSA) is 24.9 Å². The van der Waals surface area contributed by atoms with Gasteiger partial charge < -0.3 is 5.32 Å². The number of hydrogen-bond acceptors (Lipinski definition) is 3. The number of nitrogens with one attached hydrogen (secondary N) is 1. The molecule has 5 heteroatoms. The number of likely N-dealkylation sites (N-methyl/N-ethyl adjacent to an activating group) is 1. The van der Waals surface area contributed by atoms with E-state index in [-0.39, 0.29) is 18.9 Å². The predicted octanol–water partition coefficient (Wildman–Crippen LogP) is 3.80. The predicted molar refractivity (Wildman–Crippen MR) is 74.9 cm³/mol. The number of aryl methyl sites for hydroxylation is 1. The summed E-state index contributed by atoms with van der Waals surface area (Å²) in [6.45, 7) is 4.93. The summed E-state index contributed by atoms with van der Waals surface area (Å²) >= 11 is 1.67. The molecule has 0 aliphatic heterocycles. The van der Waals surface area contributed by atoms with Gasteiger partial charge in [-0.1, -0.05) is 6.92 Å². The minimum Gasteiger partial charge on any atom is -0.314 e. The van der Waals surface area contributed by atoms with E-state index in [2.05, 4.69) is 17.2 Å². The summed E-state index contributed by atoms with van der Waals surface area (Å²) < 4.78 is 26.5. The van der Waals surface area contributed by atoms with Gasteiger partial charge in [-0.15, -0.1) is 11.3 Å². The molecule has 1 N–H and O–H groups in total. The molecule has 2 rings (SSSR count). The highest BCUT2D eigenvalue weighted by atomic mass is 32.1. The summed E-state index contributed by atoms with van der Waals surface area (Å²) in [5.74, 6) is -2.09. The van der Waals surface area contributed by atoms with Crippen LogP contribution in [0.3, 0.4) is 0 Å². The second kappa shape index (κ2) is 6.27. The molecule has 0 amide bonds. The third-order valence-corrected chi connectivity index (χ3v) is 4.85. The van der Waals surface area contributed by atoms with E-state index in [9.17, 15) is 8.78 Å². The highest BCUT2D eigenvalue weighted by Gasteiger charge is 2.37. The Kier molecular flexibility index (Phi) is 4.90. The van der Waals surface area contributed by atoms with E-state index in [1.54, 1.807) is 11.3 Å². The molecule has 19 heavy (non-hydrogen) atoms. The molecule has 1 aromatic rings. The van der Waals surface area contributed by atoms with Crippen LogP contribution in [0.25, 0.3) is 0 Å². The molecule has 1 saturated carbocycles. The number of thiazole rings is 1. The van der Waals surface area contributed by atoms with Crippen molar-refractivity contribution in [3.63, 3.8) is 0 Å². The molecule has 1 aliphatic carbocycles.